The summed E-state index contributed by atoms with van der Waals surface area (Å²) in [5.41, 5.74) is 3.00. The summed E-state index contributed by atoms with van der Waals surface area (Å²) in [5.74, 6) is 0.592. The summed E-state index contributed by atoms with van der Waals surface area (Å²) in [6, 6.07) is 15.2. The lowest BCUT2D eigenvalue weighted by Crippen LogP contribution is -2.42. The summed E-state index contributed by atoms with van der Waals surface area (Å²) < 4.78 is 30.3. The van der Waals surface area contributed by atoms with Crippen molar-refractivity contribution < 1.29 is 27.6 Å². The molecule has 0 fully saturated rings. The van der Waals surface area contributed by atoms with Crippen molar-refractivity contribution in [2.45, 2.75) is 39.5 Å². The Morgan fingerprint density at radius 1 is 1.16 bits per heavy atom. The number of fused-ring (bicyclic) bond motifs is 1. The van der Waals surface area contributed by atoms with Gasteiger partial charge >= 0.3 is 0 Å². The third-order valence-electron chi connectivity index (χ3n) is 6.46. The lowest BCUT2D eigenvalue weighted by atomic mass is 9.87. The summed E-state index contributed by atoms with van der Waals surface area (Å²) in [6.45, 7) is 4.58. The largest absolute Gasteiger partial charge is 0.484 e. The number of halogens is 1. The molecule has 38 heavy (non-hydrogen) atoms. The zero-order valence-electron chi connectivity index (χ0n) is 21.1. The van der Waals surface area contributed by atoms with Gasteiger partial charge in [-0.15, -0.1) is 0 Å². The van der Waals surface area contributed by atoms with Gasteiger partial charge in [-0.05, 0) is 59.5 Å². The molecule has 0 spiro atoms. The van der Waals surface area contributed by atoms with Gasteiger partial charge in [0.1, 0.15) is 23.6 Å². The van der Waals surface area contributed by atoms with E-state index in [-0.39, 0.29) is 54.3 Å². The average Bonchev–Trinajstić information content (AvgIpc) is 3.62. The Morgan fingerprint density at radius 2 is 1.97 bits per heavy atom. The zero-order chi connectivity index (χ0) is 26.6. The van der Waals surface area contributed by atoms with Crippen LogP contribution in [-0.4, -0.2) is 28.2 Å². The average molecular weight is 518 g/mol. The van der Waals surface area contributed by atoms with E-state index in [4.69, 9.17) is 13.6 Å². The van der Waals surface area contributed by atoms with Crippen LogP contribution in [0.25, 0.3) is 0 Å². The molecule has 196 valence electrons. The number of amides is 2. The number of hydrogen-bond donors (Lipinski definition) is 1. The topological polar surface area (TPSA) is 97.8 Å². The van der Waals surface area contributed by atoms with Gasteiger partial charge in [0.15, 0.2) is 12.3 Å². The van der Waals surface area contributed by atoms with E-state index < -0.39 is 0 Å². The van der Waals surface area contributed by atoms with Crippen LogP contribution in [0.15, 0.2) is 76.0 Å². The Hall–Kier alpha value is -4.40. The fourth-order valence-corrected chi connectivity index (χ4v) is 4.55. The fraction of sp³-hybridized carbons (Fsp3) is 0.276. The number of benzene rings is 2. The Morgan fingerprint density at radius 3 is 2.71 bits per heavy atom. The zero-order valence-corrected chi connectivity index (χ0v) is 21.1. The van der Waals surface area contributed by atoms with Gasteiger partial charge in [0.25, 0.3) is 5.91 Å². The number of hydrogen-bond acceptors (Lipinski definition) is 6. The molecule has 2 aromatic carbocycles. The first-order valence-electron chi connectivity index (χ1n) is 12.5. The van der Waals surface area contributed by atoms with E-state index in [0.717, 1.165) is 16.7 Å². The number of nitrogens with one attached hydrogen (secondary N) is 1. The van der Waals surface area contributed by atoms with Crippen molar-refractivity contribution >= 4 is 11.8 Å². The number of furan rings is 1. The molecule has 1 unspecified atom stereocenters. The predicted octanol–water partition coefficient (Wildman–Crippen LogP) is 5.05. The molecule has 4 aromatic rings. The molecule has 0 bridgehead atoms. The summed E-state index contributed by atoms with van der Waals surface area (Å²) in [4.78, 5) is 31.5. The fourth-order valence-electron chi connectivity index (χ4n) is 4.55. The molecule has 2 aromatic heterocycles. The maximum Gasteiger partial charge on any atom is 0.273 e. The van der Waals surface area contributed by atoms with E-state index in [1.807, 2.05) is 36.9 Å². The molecule has 9 heteroatoms. The normalized spacial score (nSPS) is 14.8. The van der Waals surface area contributed by atoms with Crippen molar-refractivity contribution in [2.24, 2.45) is 5.92 Å². The Balaban J connectivity index is 1.32. The minimum atomic E-state index is -0.387. The standard InChI is InChI=1S/C29H28FN3O5/c1-18(2)29(35)33-12-11-19-7-10-22(14-24(19)27(33)20-5-8-21(30)9-6-20)37-17-26-32-25(16-38-26)28(34)31-15-23-4-3-13-36-23/h3-10,13-14,16,18,27H,11-12,15,17H2,1-2H3,(H,31,34). The maximum absolute atomic E-state index is 13.7. The number of carbonyl (C=O) groups excluding carboxylic acids is 2. The van der Waals surface area contributed by atoms with Crippen molar-refractivity contribution in [3.63, 3.8) is 0 Å². The molecule has 3 heterocycles. The van der Waals surface area contributed by atoms with Gasteiger partial charge in [-0.2, -0.15) is 0 Å². The lowest BCUT2D eigenvalue weighted by Gasteiger charge is -2.39. The first-order valence-corrected chi connectivity index (χ1v) is 12.5. The van der Waals surface area contributed by atoms with Crippen molar-refractivity contribution in [1.29, 1.82) is 0 Å². The third-order valence-corrected chi connectivity index (χ3v) is 6.46. The second kappa shape index (κ2) is 10.9. The van der Waals surface area contributed by atoms with E-state index >= 15 is 0 Å². The van der Waals surface area contributed by atoms with Crippen molar-refractivity contribution in [1.82, 2.24) is 15.2 Å². The second-order valence-electron chi connectivity index (χ2n) is 9.43. The molecule has 1 aliphatic rings. The highest BCUT2D eigenvalue weighted by molar-refractivity contribution is 5.91. The van der Waals surface area contributed by atoms with Crippen LogP contribution in [0.1, 0.15) is 58.7 Å². The summed E-state index contributed by atoms with van der Waals surface area (Å²) in [5, 5.41) is 2.72. The number of oxazole rings is 1. The van der Waals surface area contributed by atoms with Gasteiger partial charge in [0, 0.05) is 12.5 Å². The minimum Gasteiger partial charge on any atom is -0.484 e. The van der Waals surface area contributed by atoms with E-state index in [9.17, 15) is 14.0 Å². The summed E-state index contributed by atoms with van der Waals surface area (Å²) >= 11 is 0. The van der Waals surface area contributed by atoms with Gasteiger partial charge in [-0.1, -0.05) is 32.0 Å². The minimum absolute atomic E-state index is 0.0140. The van der Waals surface area contributed by atoms with Crippen molar-refractivity contribution in [2.75, 3.05) is 6.54 Å². The highest BCUT2D eigenvalue weighted by Gasteiger charge is 2.33. The lowest BCUT2D eigenvalue weighted by molar-refractivity contribution is -0.136. The van der Waals surface area contributed by atoms with Gasteiger partial charge in [-0.25, -0.2) is 9.37 Å². The Bertz CT molecular complexity index is 1410. The molecule has 5 rings (SSSR count). The SMILES string of the molecule is CC(C)C(=O)N1CCc2ccc(OCc3nc(C(=O)NCc4ccco4)co3)cc2C1c1ccc(F)cc1. The molecule has 2 amide bonds. The van der Waals surface area contributed by atoms with E-state index in [1.165, 1.54) is 24.7 Å². The van der Waals surface area contributed by atoms with Crippen LogP contribution < -0.4 is 10.1 Å². The first kappa shape index (κ1) is 25.3. The number of aromatic nitrogens is 1. The first-order chi connectivity index (χ1) is 18.4. The quantitative estimate of drug-likeness (QED) is 0.352. The van der Waals surface area contributed by atoms with Crippen LogP contribution in [0.3, 0.4) is 0 Å². The summed E-state index contributed by atoms with van der Waals surface area (Å²) in [6.07, 6.45) is 3.53. The van der Waals surface area contributed by atoms with Crippen LogP contribution in [0.4, 0.5) is 4.39 Å². The maximum atomic E-state index is 13.7. The molecule has 0 saturated heterocycles. The van der Waals surface area contributed by atoms with Gasteiger partial charge < -0.3 is 23.8 Å². The van der Waals surface area contributed by atoms with Gasteiger partial charge in [0.05, 0.1) is 18.8 Å². The number of carbonyl (C=O) groups is 2. The van der Waals surface area contributed by atoms with E-state index in [0.29, 0.717) is 24.5 Å². The number of nitrogens with zero attached hydrogens (tertiary/aromatic N) is 2. The molecule has 1 aliphatic heterocycles. The molecular formula is C29H28FN3O5. The number of rotatable bonds is 8. The van der Waals surface area contributed by atoms with E-state index in [1.54, 1.807) is 24.3 Å². The molecule has 1 atom stereocenters. The second-order valence-corrected chi connectivity index (χ2v) is 9.43. The van der Waals surface area contributed by atoms with Crippen molar-refractivity contribution in [3.8, 4) is 5.75 Å². The summed E-state index contributed by atoms with van der Waals surface area (Å²) in [7, 11) is 0. The Labute approximate surface area is 219 Å². The molecule has 1 N–H and O–H groups in total. The van der Waals surface area contributed by atoms with Crippen LogP contribution >= 0.6 is 0 Å². The number of ether oxygens (including phenoxy) is 1. The molecule has 8 nitrogen and oxygen atoms in total. The molecule has 0 aliphatic carbocycles. The van der Waals surface area contributed by atoms with Gasteiger partial charge in [0.2, 0.25) is 11.8 Å². The molecule has 0 saturated carbocycles. The van der Waals surface area contributed by atoms with Crippen LogP contribution in [0.2, 0.25) is 0 Å². The predicted molar refractivity (Wildman–Crippen MR) is 136 cm³/mol. The van der Waals surface area contributed by atoms with E-state index in [2.05, 4.69) is 10.3 Å². The van der Waals surface area contributed by atoms with Crippen LogP contribution in [0, 0.1) is 11.7 Å². The molecular weight excluding hydrogens is 489 g/mol. The monoisotopic (exact) mass is 517 g/mol. The van der Waals surface area contributed by atoms with Crippen LogP contribution in [-0.2, 0) is 24.4 Å². The highest BCUT2D eigenvalue weighted by atomic mass is 19.1. The molecule has 0 radical (unpaired) electrons. The van der Waals surface area contributed by atoms with Crippen molar-refractivity contribution in [3.05, 3.63) is 107 Å². The van der Waals surface area contributed by atoms with Gasteiger partial charge in [-0.3, -0.25) is 9.59 Å². The third kappa shape index (κ3) is 5.46. The Kier molecular flexibility index (Phi) is 7.26. The highest BCUT2D eigenvalue weighted by Crippen LogP contribution is 2.38. The van der Waals surface area contributed by atoms with Crippen LogP contribution in [0.5, 0.6) is 5.75 Å². The smallest absolute Gasteiger partial charge is 0.273 e.